The van der Waals surface area contributed by atoms with Crippen LogP contribution in [0, 0.1) is 29.1 Å². The number of aliphatic carboxylic acids is 1. The highest BCUT2D eigenvalue weighted by Gasteiger charge is 2.62. The average Bonchev–Trinajstić information content (AvgIpc) is 3.37. The fourth-order valence-electron chi connectivity index (χ4n) is 11.1. The lowest BCUT2D eigenvalue weighted by molar-refractivity contribution is -0.163. The highest BCUT2D eigenvalue weighted by atomic mass is 19.3. The van der Waals surface area contributed by atoms with E-state index >= 15 is 8.78 Å². The molecule has 2 N–H and O–H groups in total. The molecule has 0 atom stereocenters. The van der Waals surface area contributed by atoms with Gasteiger partial charge in [-0.3, -0.25) is 4.79 Å². The van der Waals surface area contributed by atoms with E-state index in [9.17, 15) is 14.7 Å². The fourth-order valence-corrected chi connectivity index (χ4v) is 11.1. The maximum atomic E-state index is 15.4. The molecule has 8 aliphatic rings. The van der Waals surface area contributed by atoms with Crippen LogP contribution in [0.15, 0.2) is 24.4 Å². The maximum Gasteiger partial charge on any atom is 0.330 e. The molecule has 1 aromatic heterocycles. The first kappa shape index (κ1) is 32.5. The molecule has 4 heterocycles. The quantitative estimate of drug-likeness (QED) is 0.353. The Balaban J connectivity index is 1.01. The Kier molecular flexibility index (Phi) is 7.52. The van der Waals surface area contributed by atoms with Crippen molar-refractivity contribution in [3.63, 3.8) is 0 Å². The fraction of sp³-hybridized carbons (Fsp3) is 0.684. The Labute approximate surface area is 290 Å². The molecule has 1 amide bonds. The Morgan fingerprint density at radius 1 is 1.00 bits per heavy atom. The molecule has 50 heavy (non-hydrogen) atoms. The van der Waals surface area contributed by atoms with Crippen LogP contribution >= 0.6 is 0 Å². The van der Waals surface area contributed by atoms with Gasteiger partial charge >= 0.3 is 5.97 Å². The molecule has 10 rings (SSSR count). The molecule has 0 unspecified atom stereocenters. The number of carboxylic acid groups (broad SMARTS) is 1. The zero-order valence-corrected chi connectivity index (χ0v) is 28.6. The molecule has 4 bridgehead atoms. The molecule has 268 valence electrons. The summed E-state index contributed by atoms with van der Waals surface area (Å²) in [5.74, 6) is -4.04. The van der Waals surface area contributed by atoms with Crippen LogP contribution in [0.1, 0.15) is 99.2 Å². The third-order valence-electron chi connectivity index (χ3n) is 13.6. The van der Waals surface area contributed by atoms with Gasteiger partial charge in [-0.2, -0.15) is 8.78 Å². The van der Waals surface area contributed by atoms with Crippen LogP contribution in [0.25, 0.3) is 0 Å². The zero-order valence-electron chi connectivity index (χ0n) is 28.6. The van der Waals surface area contributed by atoms with E-state index in [1.165, 1.54) is 0 Å². The minimum atomic E-state index is -3.48. The average molecular weight is 693 g/mol. The standard InChI is InChI=1S/C38H46F2N4O6/c1-35(39,40)31-28(32(45)43-38(33(46)47)24-13-22-12-23(15-24)16-25(38)14-22)18-41-34(42-31)44-19-37(8-10-48-11-9-37)29-17-27(2-3-30(29)44)50-26-4-6-36(7-5-26)20-49-21-36/h2-3,17-18,22-26H,4-16,19-21H2,1H3,(H,43,45)(H,46,47). The molecule has 12 heteroatoms. The SMILES string of the molecule is CC(F)(F)c1nc(N2CC3(CCOCC3)c3cc(OC4CCC5(CC4)COC5)ccc32)ncc1C(=O)NC1(C(=O)O)C2CC3CC(C2)CC1C3. The molecule has 2 aromatic rings. The van der Waals surface area contributed by atoms with Gasteiger partial charge in [-0.25, -0.2) is 14.8 Å². The number of alkyl halides is 2. The molecule has 10 nitrogen and oxygen atoms in total. The number of aromatic nitrogens is 2. The van der Waals surface area contributed by atoms with E-state index < -0.39 is 29.0 Å². The number of amides is 1. The van der Waals surface area contributed by atoms with Gasteiger partial charge in [-0.1, -0.05) is 0 Å². The summed E-state index contributed by atoms with van der Waals surface area (Å²) >= 11 is 0. The number of ether oxygens (including phenoxy) is 3. The summed E-state index contributed by atoms with van der Waals surface area (Å²) in [6.45, 7) is 4.07. The van der Waals surface area contributed by atoms with Gasteiger partial charge in [-0.05, 0) is 118 Å². The van der Waals surface area contributed by atoms with E-state index in [-0.39, 0.29) is 34.9 Å². The highest BCUT2D eigenvalue weighted by molar-refractivity contribution is 5.99. The normalized spacial score (nSPS) is 32.2. The van der Waals surface area contributed by atoms with Crippen molar-refractivity contribution in [1.29, 1.82) is 0 Å². The van der Waals surface area contributed by atoms with Gasteiger partial charge in [-0.15, -0.1) is 0 Å². The molecule has 7 fully saturated rings. The number of nitrogens with one attached hydrogen (secondary N) is 1. The van der Waals surface area contributed by atoms with Crippen LogP contribution < -0.4 is 15.0 Å². The van der Waals surface area contributed by atoms with Gasteiger partial charge in [0.25, 0.3) is 11.8 Å². The number of carbonyl (C=O) groups excluding carboxylic acids is 1. The Morgan fingerprint density at radius 2 is 1.68 bits per heavy atom. The van der Waals surface area contributed by atoms with Crippen LogP contribution in [0.5, 0.6) is 5.75 Å². The van der Waals surface area contributed by atoms with E-state index in [1.807, 2.05) is 17.0 Å². The lowest BCUT2D eigenvalue weighted by Gasteiger charge is -2.59. The summed E-state index contributed by atoms with van der Waals surface area (Å²) in [5, 5.41) is 13.4. The number of hydrogen-bond acceptors (Lipinski definition) is 8. The molecule has 2 spiro atoms. The number of fused-ring (bicyclic) bond motifs is 2. The first-order valence-electron chi connectivity index (χ1n) is 18.5. The summed E-state index contributed by atoms with van der Waals surface area (Å²) < 4.78 is 48.6. The summed E-state index contributed by atoms with van der Waals surface area (Å²) in [4.78, 5) is 37.6. The van der Waals surface area contributed by atoms with Crippen molar-refractivity contribution in [2.75, 3.05) is 37.9 Å². The summed E-state index contributed by atoms with van der Waals surface area (Å²) in [6, 6.07) is 6.01. The molecule has 3 aliphatic heterocycles. The van der Waals surface area contributed by atoms with E-state index in [1.54, 1.807) is 0 Å². The lowest BCUT2D eigenvalue weighted by atomic mass is 9.48. The highest BCUT2D eigenvalue weighted by Crippen LogP contribution is 2.58. The zero-order chi connectivity index (χ0) is 34.5. The maximum absolute atomic E-state index is 15.4. The first-order chi connectivity index (χ1) is 24.0. The molecule has 0 radical (unpaired) electrons. The first-order valence-corrected chi connectivity index (χ1v) is 18.5. The number of carboxylic acids is 1. The lowest BCUT2D eigenvalue weighted by Crippen LogP contribution is -2.70. The number of anilines is 2. The predicted molar refractivity (Wildman–Crippen MR) is 178 cm³/mol. The minimum absolute atomic E-state index is 0.0826. The van der Waals surface area contributed by atoms with Gasteiger partial charge < -0.3 is 29.5 Å². The van der Waals surface area contributed by atoms with Gasteiger partial charge in [0, 0.05) is 49.4 Å². The third-order valence-corrected chi connectivity index (χ3v) is 13.6. The number of hydrogen-bond donors (Lipinski definition) is 2. The molecule has 5 saturated carbocycles. The van der Waals surface area contributed by atoms with E-state index in [4.69, 9.17) is 14.2 Å². The number of rotatable bonds is 7. The van der Waals surface area contributed by atoms with Crippen molar-refractivity contribution in [1.82, 2.24) is 15.3 Å². The monoisotopic (exact) mass is 692 g/mol. The van der Waals surface area contributed by atoms with E-state index in [2.05, 4.69) is 21.4 Å². The Hall–Kier alpha value is -3.38. The molecular weight excluding hydrogens is 646 g/mol. The number of carbonyl (C=O) groups is 2. The van der Waals surface area contributed by atoms with Crippen molar-refractivity contribution in [3.8, 4) is 5.75 Å². The molecule has 5 aliphatic carbocycles. The second-order valence-corrected chi connectivity index (χ2v) is 16.7. The summed E-state index contributed by atoms with van der Waals surface area (Å²) in [5.41, 5.74) is -0.631. The largest absolute Gasteiger partial charge is 0.490 e. The van der Waals surface area contributed by atoms with Crippen LogP contribution in [-0.4, -0.2) is 71.6 Å². The van der Waals surface area contributed by atoms with Crippen LogP contribution in [0.2, 0.25) is 0 Å². The van der Waals surface area contributed by atoms with E-state index in [0.29, 0.717) is 37.0 Å². The van der Waals surface area contributed by atoms with Crippen LogP contribution in [0.3, 0.4) is 0 Å². The van der Waals surface area contributed by atoms with E-state index in [0.717, 1.165) is 114 Å². The number of benzene rings is 1. The topological polar surface area (TPSA) is 123 Å². The smallest absolute Gasteiger partial charge is 0.330 e. The van der Waals surface area contributed by atoms with Crippen molar-refractivity contribution in [2.45, 2.75) is 101 Å². The van der Waals surface area contributed by atoms with Gasteiger partial charge in [0.15, 0.2) is 0 Å². The van der Waals surface area contributed by atoms with Gasteiger partial charge in [0.1, 0.15) is 17.0 Å². The van der Waals surface area contributed by atoms with Crippen molar-refractivity contribution in [2.24, 2.45) is 29.1 Å². The van der Waals surface area contributed by atoms with Gasteiger partial charge in [0.05, 0.1) is 24.9 Å². The second-order valence-electron chi connectivity index (χ2n) is 16.7. The third kappa shape index (κ3) is 5.13. The van der Waals surface area contributed by atoms with Gasteiger partial charge in [0.2, 0.25) is 5.95 Å². The minimum Gasteiger partial charge on any atom is -0.490 e. The Morgan fingerprint density at radius 3 is 2.28 bits per heavy atom. The molecule has 2 saturated heterocycles. The molecule has 1 aromatic carbocycles. The van der Waals surface area contributed by atoms with Crippen molar-refractivity contribution < 1.29 is 37.7 Å². The Bertz CT molecular complexity index is 1660. The molecular formula is C38H46F2N4O6. The van der Waals surface area contributed by atoms with Crippen molar-refractivity contribution >= 4 is 23.5 Å². The summed E-state index contributed by atoms with van der Waals surface area (Å²) in [7, 11) is 0. The van der Waals surface area contributed by atoms with Crippen LogP contribution in [-0.2, 0) is 25.6 Å². The number of halogens is 2. The second kappa shape index (κ2) is 11.6. The summed E-state index contributed by atoms with van der Waals surface area (Å²) in [6.07, 6.45) is 11.0. The number of nitrogens with zero attached hydrogens (tertiary/aromatic N) is 3. The van der Waals surface area contributed by atoms with Crippen molar-refractivity contribution in [3.05, 3.63) is 41.2 Å². The predicted octanol–water partition coefficient (Wildman–Crippen LogP) is 6.14. The van der Waals surface area contributed by atoms with Crippen LogP contribution in [0.4, 0.5) is 20.4 Å².